The van der Waals surface area contributed by atoms with Gasteiger partial charge in [-0.3, -0.25) is 14.5 Å². The number of carbonyl (C=O) groups is 1. The lowest BCUT2D eigenvalue weighted by molar-refractivity contribution is -0.114. The Kier molecular flexibility index (Phi) is 2.52. The molecule has 1 aliphatic rings. The van der Waals surface area contributed by atoms with Gasteiger partial charge in [0.2, 0.25) is 0 Å². The zero-order chi connectivity index (χ0) is 12.5. The predicted octanol–water partition coefficient (Wildman–Crippen LogP) is 0.537. The van der Waals surface area contributed by atoms with Crippen LogP contribution in [0.2, 0.25) is 0 Å². The smallest absolute Gasteiger partial charge is 0.258 e. The van der Waals surface area contributed by atoms with Crippen LogP contribution in [-0.2, 0) is 15.8 Å². The molecule has 3 heterocycles. The Morgan fingerprint density at radius 2 is 2.22 bits per heavy atom. The molecule has 18 heavy (non-hydrogen) atoms. The average Bonchev–Trinajstić information content (AvgIpc) is 2.97. The molecule has 90 valence electrons. The van der Waals surface area contributed by atoms with Crippen LogP contribution in [0.4, 0.5) is 0 Å². The summed E-state index contributed by atoms with van der Waals surface area (Å²) >= 11 is 0. The summed E-state index contributed by atoms with van der Waals surface area (Å²) in [7, 11) is -1.54. The minimum absolute atomic E-state index is 0.321. The lowest BCUT2D eigenvalue weighted by atomic mass is 10.2. The molecule has 0 saturated heterocycles. The number of aromatic nitrogens is 3. The summed E-state index contributed by atoms with van der Waals surface area (Å²) in [6.07, 6.45) is 6.26. The molecule has 0 aliphatic carbocycles. The molecule has 2 aromatic rings. The number of hydrogen-bond donors (Lipinski definition) is 1. The highest BCUT2D eigenvalue weighted by atomic mass is 32.2. The third-order valence-corrected chi connectivity index (χ3v) is 3.48. The molecular weight excluding hydrogens is 252 g/mol. The maximum absolute atomic E-state index is 11.6. The van der Waals surface area contributed by atoms with E-state index < -0.39 is 11.0 Å². The van der Waals surface area contributed by atoms with Crippen LogP contribution in [-0.4, -0.2) is 24.9 Å². The second-order valence-electron chi connectivity index (χ2n) is 3.61. The summed E-state index contributed by atoms with van der Waals surface area (Å²) in [5.41, 5.74) is 1.57. The van der Waals surface area contributed by atoms with Gasteiger partial charge in [-0.2, -0.15) is 5.10 Å². The Morgan fingerprint density at radius 3 is 2.89 bits per heavy atom. The number of nitrogens with one attached hydrogen (secondary N) is 1. The van der Waals surface area contributed by atoms with Gasteiger partial charge in [0.15, 0.2) is 16.0 Å². The highest BCUT2D eigenvalue weighted by molar-refractivity contribution is 7.93. The minimum Gasteiger partial charge on any atom is -0.269 e. The summed E-state index contributed by atoms with van der Waals surface area (Å²) in [5, 5.41) is 4.40. The standard InChI is InChI=1S/C11H8N4O2S/c16-10-5-11(18(17)14-10)15-7-8(6-13-15)9-3-1-2-4-12-9/h1-7H,(H,14,16). The van der Waals surface area contributed by atoms with Crippen molar-refractivity contribution in [2.45, 2.75) is 0 Å². The number of amides is 1. The second-order valence-corrected chi connectivity index (χ2v) is 4.77. The molecule has 1 amide bonds. The van der Waals surface area contributed by atoms with Crippen molar-refractivity contribution in [2.75, 3.05) is 0 Å². The first kappa shape index (κ1) is 10.8. The molecule has 1 unspecified atom stereocenters. The molecule has 0 saturated carbocycles. The Hall–Kier alpha value is -2.28. The van der Waals surface area contributed by atoms with Gasteiger partial charge in [0.1, 0.15) is 0 Å². The van der Waals surface area contributed by atoms with E-state index >= 15 is 0 Å². The molecule has 1 atom stereocenters. The molecule has 0 fully saturated rings. The van der Waals surface area contributed by atoms with Gasteiger partial charge in [0.25, 0.3) is 5.91 Å². The van der Waals surface area contributed by atoms with E-state index in [1.165, 1.54) is 10.8 Å². The normalized spacial score (nSPS) is 18.6. The van der Waals surface area contributed by atoms with E-state index in [0.29, 0.717) is 5.03 Å². The van der Waals surface area contributed by atoms with Crippen LogP contribution in [0.3, 0.4) is 0 Å². The molecule has 0 bridgehead atoms. The number of rotatable bonds is 2. The average molecular weight is 260 g/mol. The molecule has 1 N–H and O–H groups in total. The van der Waals surface area contributed by atoms with Gasteiger partial charge in [-0.15, -0.1) is 0 Å². The van der Waals surface area contributed by atoms with Crippen molar-refractivity contribution in [1.82, 2.24) is 19.5 Å². The van der Waals surface area contributed by atoms with Crippen LogP contribution < -0.4 is 4.72 Å². The first-order valence-electron chi connectivity index (χ1n) is 5.14. The first-order valence-corrected chi connectivity index (χ1v) is 6.29. The van der Waals surface area contributed by atoms with Gasteiger partial charge in [-0.1, -0.05) is 6.07 Å². The Bertz CT molecular complexity index is 663. The summed E-state index contributed by atoms with van der Waals surface area (Å²) in [5.74, 6) is -0.377. The third-order valence-electron chi connectivity index (χ3n) is 2.41. The van der Waals surface area contributed by atoms with Crippen LogP contribution in [0.1, 0.15) is 0 Å². The van der Waals surface area contributed by atoms with E-state index in [1.807, 2.05) is 18.2 Å². The molecule has 2 aromatic heterocycles. The summed E-state index contributed by atoms with van der Waals surface area (Å²) < 4.78 is 15.3. The zero-order valence-electron chi connectivity index (χ0n) is 9.11. The van der Waals surface area contributed by atoms with E-state index in [-0.39, 0.29) is 5.91 Å². The van der Waals surface area contributed by atoms with Gasteiger partial charge in [-0.25, -0.2) is 8.89 Å². The van der Waals surface area contributed by atoms with Crippen molar-refractivity contribution in [3.05, 3.63) is 42.9 Å². The second kappa shape index (κ2) is 4.19. The quantitative estimate of drug-likeness (QED) is 0.854. The van der Waals surface area contributed by atoms with Crippen molar-refractivity contribution >= 4 is 21.9 Å². The predicted molar refractivity (Wildman–Crippen MR) is 66.0 cm³/mol. The van der Waals surface area contributed by atoms with Crippen molar-refractivity contribution in [1.29, 1.82) is 0 Å². The fourth-order valence-electron chi connectivity index (χ4n) is 1.60. The monoisotopic (exact) mass is 260 g/mol. The zero-order valence-corrected chi connectivity index (χ0v) is 9.92. The molecule has 3 rings (SSSR count). The first-order chi connectivity index (χ1) is 8.74. The molecule has 0 aromatic carbocycles. The van der Waals surface area contributed by atoms with Crippen LogP contribution in [0.25, 0.3) is 16.3 Å². The van der Waals surface area contributed by atoms with Gasteiger partial charge in [-0.05, 0) is 12.1 Å². The minimum atomic E-state index is -1.54. The molecular formula is C11H8N4O2S. The van der Waals surface area contributed by atoms with Crippen molar-refractivity contribution in [2.24, 2.45) is 0 Å². The Balaban J connectivity index is 1.98. The maximum atomic E-state index is 11.6. The van der Waals surface area contributed by atoms with E-state index in [2.05, 4.69) is 14.8 Å². The SMILES string of the molecule is O=C1C=C(n2cc(-c3ccccn3)cn2)S(=O)N1. The van der Waals surface area contributed by atoms with Crippen LogP contribution >= 0.6 is 0 Å². The number of pyridine rings is 1. The summed E-state index contributed by atoms with van der Waals surface area (Å²) in [4.78, 5) is 15.3. The van der Waals surface area contributed by atoms with Gasteiger partial charge in [0.05, 0.1) is 11.9 Å². The highest BCUT2D eigenvalue weighted by Gasteiger charge is 2.21. The summed E-state index contributed by atoms with van der Waals surface area (Å²) in [6.45, 7) is 0. The molecule has 0 spiro atoms. The van der Waals surface area contributed by atoms with Gasteiger partial charge >= 0.3 is 0 Å². The Labute approximate surface area is 105 Å². The van der Waals surface area contributed by atoms with E-state index in [1.54, 1.807) is 18.6 Å². The van der Waals surface area contributed by atoms with Gasteiger partial charge in [0, 0.05) is 24.0 Å². The summed E-state index contributed by atoms with van der Waals surface area (Å²) in [6, 6.07) is 5.55. The number of hydrogen-bond acceptors (Lipinski definition) is 4. The lowest BCUT2D eigenvalue weighted by Crippen LogP contribution is -2.17. The van der Waals surface area contributed by atoms with E-state index in [0.717, 1.165) is 11.3 Å². The fourth-order valence-corrected chi connectivity index (χ4v) is 2.43. The van der Waals surface area contributed by atoms with E-state index in [4.69, 9.17) is 0 Å². The van der Waals surface area contributed by atoms with Crippen molar-refractivity contribution in [3.63, 3.8) is 0 Å². The lowest BCUT2D eigenvalue weighted by Gasteiger charge is -1.98. The highest BCUT2D eigenvalue weighted by Crippen LogP contribution is 2.19. The van der Waals surface area contributed by atoms with Crippen molar-refractivity contribution < 1.29 is 9.00 Å². The van der Waals surface area contributed by atoms with Crippen LogP contribution in [0, 0.1) is 0 Å². The molecule has 1 aliphatic heterocycles. The largest absolute Gasteiger partial charge is 0.269 e. The maximum Gasteiger partial charge on any atom is 0.258 e. The molecule has 6 nitrogen and oxygen atoms in total. The van der Waals surface area contributed by atoms with Gasteiger partial charge < -0.3 is 0 Å². The fraction of sp³-hybridized carbons (Fsp3) is 0. The van der Waals surface area contributed by atoms with Crippen LogP contribution in [0.15, 0.2) is 42.9 Å². The molecule has 0 radical (unpaired) electrons. The number of nitrogens with zero attached hydrogens (tertiary/aromatic N) is 3. The Morgan fingerprint density at radius 1 is 1.33 bits per heavy atom. The topological polar surface area (TPSA) is 76.9 Å². The van der Waals surface area contributed by atoms with Crippen LogP contribution in [0.5, 0.6) is 0 Å². The van der Waals surface area contributed by atoms with E-state index in [9.17, 15) is 9.00 Å². The molecule has 7 heteroatoms. The third kappa shape index (κ3) is 1.84. The van der Waals surface area contributed by atoms with Crippen molar-refractivity contribution in [3.8, 4) is 11.3 Å². The number of carbonyl (C=O) groups excluding carboxylic acids is 1.